The van der Waals surface area contributed by atoms with Gasteiger partial charge in [0.1, 0.15) is 0 Å². The highest BCUT2D eigenvalue weighted by Crippen LogP contribution is 1.99. The van der Waals surface area contributed by atoms with Crippen LogP contribution in [0.2, 0.25) is 0 Å². The van der Waals surface area contributed by atoms with Crippen molar-refractivity contribution in [2.45, 2.75) is 20.3 Å². The average molecular weight is 270 g/mol. The molecule has 0 saturated carbocycles. The topological polar surface area (TPSA) is 64.7 Å². The number of nitrogens with one attached hydrogen (secondary N) is 2. The molecule has 0 spiro atoms. The van der Waals surface area contributed by atoms with Crippen LogP contribution in [-0.4, -0.2) is 68.1 Å². The molecule has 6 nitrogen and oxygen atoms in total. The Hall–Kier alpha value is -1.30. The van der Waals surface area contributed by atoms with Gasteiger partial charge in [-0.3, -0.25) is 4.79 Å². The van der Waals surface area contributed by atoms with Crippen LogP contribution in [0.1, 0.15) is 20.3 Å². The van der Waals surface area contributed by atoms with E-state index in [-0.39, 0.29) is 18.5 Å². The first-order chi connectivity index (χ1) is 8.99. The number of piperazine rings is 1. The third-order valence-corrected chi connectivity index (χ3v) is 3.26. The summed E-state index contributed by atoms with van der Waals surface area (Å²) in [6, 6.07) is -0.261. The van der Waals surface area contributed by atoms with Gasteiger partial charge in [0.15, 0.2) is 0 Å². The van der Waals surface area contributed by atoms with Crippen molar-refractivity contribution in [1.82, 2.24) is 20.4 Å². The molecule has 1 saturated heterocycles. The lowest BCUT2D eigenvalue weighted by Crippen LogP contribution is -2.50. The van der Waals surface area contributed by atoms with Crippen LogP contribution in [0.3, 0.4) is 0 Å². The zero-order chi connectivity index (χ0) is 14.3. The molecule has 2 N–H and O–H groups in total. The molecule has 1 aliphatic rings. The lowest BCUT2D eigenvalue weighted by Gasteiger charge is -2.32. The van der Waals surface area contributed by atoms with E-state index in [0.717, 1.165) is 32.6 Å². The van der Waals surface area contributed by atoms with Gasteiger partial charge in [-0.1, -0.05) is 13.8 Å². The Balaban J connectivity index is 2.14. The smallest absolute Gasteiger partial charge is 0.315 e. The van der Waals surface area contributed by atoms with Crippen molar-refractivity contribution in [3.63, 3.8) is 0 Å². The Kier molecular flexibility index (Phi) is 6.62. The maximum Gasteiger partial charge on any atom is 0.315 e. The van der Waals surface area contributed by atoms with Crippen molar-refractivity contribution in [2.75, 3.05) is 46.3 Å². The molecule has 0 aliphatic carbocycles. The molecule has 0 aromatic rings. The molecule has 110 valence electrons. The molecule has 1 heterocycles. The number of hydrogen-bond donors (Lipinski definition) is 2. The molecule has 0 bridgehead atoms. The minimum absolute atomic E-state index is 0.00731. The van der Waals surface area contributed by atoms with E-state index in [4.69, 9.17) is 0 Å². The Morgan fingerprint density at radius 3 is 2.32 bits per heavy atom. The molecule has 0 unspecified atom stereocenters. The summed E-state index contributed by atoms with van der Waals surface area (Å²) in [7, 11) is 2.04. The van der Waals surface area contributed by atoms with Gasteiger partial charge in [-0.2, -0.15) is 0 Å². The van der Waals surface area contributed by atoms with Gasteiger partial charge in [-0.25, -0.2) is 4.79 Å². The fourth-order valence-electron chi connectivity index (χ4n) is 1.86. The lowest BCUT2D eigenvalue weighted by atomic mass is 10.1. The van der Waals surface area contributed by atoms with Crippen molar-refractivity contribution in [2.24, 2.45) is 5.92 Å². The molecule has 6 heteroatoms. The number of hydrogen-bond acceptors (Lipinski definition) is 3. The minimum atomic E-state index is -0.261. The normalized spacial score (nSPS) is 16.5. The first-order valence-electron chi connectivity index (χ1n) is 6.97. The van der Waals surface area contributed by atoms with E-state index in [0.29, 0.717) is 12.5 Å². The van der Waals surface area contributed by atoms with E-state index in [1.54, 1.807) is 4.90 Å². The van der Waals surface area contributed by atoms with Crippen molar-refractivity contribution in [3.05, 3.63) is 0 Å². The van der Waals surface area contributed by atoms with E-state index in [2.05, 4.69) is 29.4 Å². The predicted octanol–water partition coefficient (Wildman–Crippen LogP) is 0.106. The van der Waals surface area contributed by atoms with Gasteiger partial charge < -0.3 is 20.4 Å². The van der Waals surface area contributed by atoms with Crippen LogP contribution >= 0.6 is 0 Å². The maximum atomic E-state index is 11.9. The van der Waals surface area contributed by atoms with Crippen LogP contribution in [0.4, 0.5) is 4.79 Å². The quantitative estimate of drug-likeness (QED) is 0.745. The zero-order valence-electron chi connectivity index (χ0n) is 12.2. The van der Waals surface area contributed by atoms with E-state index in [1.807, 2.05) is 7.05 Å². The Morgan fingerprint density at radius 1 is 1.11 bits per heavy atom. The summed E-state index contributed by atoms with van der Waals surface area (Å²) in [6.45, 7) is 8.22. The number of carbonyl (C=O) groups is 2. The summed E-state index contributed by atoms with van der Waals surface area (Å²) < 4.78 is 0. The van der Waals surface area contributed by atoms with Crippen molar-refractivity contribution in [3.8, 4) is 0 Å². The summed E-state index contributed by atoms with van der Waals surface area (Å²) in [5.74, 6) is 0.555. The highest BCUT2D eigenvalue weighted by atomic mass is 16.2. The van der Waals surface area contributed by atoms with E-state index < -0.39 is 0 Å². The Bertz CT molecular complexity index is 299. The highest BCUT2D eigenvalue weighted by molar-refractivity contribution is 5.84. The second kappa shape index (κ2) is 7.99. The number of likely N-dealkylation sites (N-methyl/N-ethyl adjacent to an activating group) is 1. The molecule has 1 aliphatic heterocycles. The van der Waals surface area contributed by atoms with Gasteiger partial charge in [0.05, 0.1) is 6.54 Å². The standard InChI is InChI=1S/C13H26N4O2/c1-11(2)4-5-14-13(19)15-10-12(18)17-8-6-16(3)7-9-17/h11H,4-10H2,1-3H3,(H2,14,15,19). The van der Waals surface area contributed by atoms with Gasteiger partial charge in [0.25, 0.3) is 0 Å². The lowest BCUT2D eigenvalue weighted by molar-refractivity contribution is -0.131. The molecule has 1 fully saturated rings. The van der Waals surface area contributed by atoms with E-state index in [1.165, 1.54) is 0 Å². The number of nitrogens with zero attached hydrogens (tertiary/aromatic N) is 2. The molecule has 0 aromatic carbocycles. The van der Waals surface area contributed by atoms with Crippen LogP contribution in [0.15, 0.2) is 0 Å². The molecule has 3 amide bonds. The van der Waals surface area contributed by atoms with E-state index in [9.17, 15) is 9.59 Å². The molecular weight excluding hydrogens is 244 g/mol. The van der Waals surface area contributed by atoms with Crippen LogP contribution in [-0.2, 0) is 4.79 Å². The SMILES string of the molecule is CC(C)CCNC(=O)NCC(=O)N1CCN(C)CC1. The Morgan fingerprint density at radius 2 is 1.74 bits per heavy atom. The monoisotopic (exact) mass is 270 g/mol. The number of carbonyl (C=O) groups excluding carboxylic acids is 2. The van der Waals surface area contributed by atoms with Gasteiger partial charge in [0, 0.05) is 32.7 Å². The summed E-state index contributed by atoms with van der Waals surface area (Å²) in [6.07, 6.45) is 0.944. The highest BCUT2D eigenvalue weighted by Gasteiger charge is 2.18. The number of amides is 3. The van der Waals surface area contributed by atoms with Gasteiger partial charge in [-0.05, 0) is 19.4 Å². The van der Waals surface area contributed by atoms with Crippen LogP contribution < -0.4 is 10.6 Å². The summed E-state index contributed by atoms with van der Waals surface area (Å²) in [5.41, 5.74) is 0. The van der Waals surface area contributed by atoms with Crippen molar-refractivity contribution in [1.29, 1.82) is 0 Å². The maximum absolute atomic E-state index is 11.9. The summed E-state index contributed by atoms with van der Waals surface area (Å²) >= 11 is 0. The molecule has 0 atom stereocenters. The van der Waals surface area contributed by atoms with Crippen molar-refractivity contribution < 1.29 is 9.59 Å². The largest absolute Gasteiger partial charge is 0.339 e. The fraction of sp³-hybridized carbons (Fsp3) is 0.846. The fourth-order valence-corrected chi connectivity index (χ4v) is 1.86. The van der Waals surface area contributed by atoms with Crippen LogP contribution in [0.5, 0.6) is 0 Å². The number of urea groups is 1. The molecule has 19 heavy (non-hydrogen) atoms. The summed E-state index contributed by atoms with van der Waals surface area (Å²) in [4.78, 5) is 27.3. The van der Waals surface area contributed by atoms with E-state index >= 15 is 0 Å². The molecular formula is C13H26N4O2. The van der Waals surface area contributed by atoms with Gasteiger partial charge in [-0.15, -0.1) is 0 Å². The predicted molar refractivity (Wildman–Crippen MR) is 74.9 cm³/mol. The second-order valence-corrected chi connectivity index (χ2v) is 5.48. The van der Waals surface area contributed by atoms with Crippen LogP contribution in [0, 0.1) is 5.92 Å². The molecule has 0 aromatic heterocycles. The van der Waals surface area contributed by atoms with Gasteiger partial charge in [0.2, 0.25) is 5.91 Å². The number of rotatable bonds is 5. The zero-order valence-corrected chi connectivity index (χ0v) is 12.2. The third kappa shape index (κ3) is 6.42. The van der Waals surface area contributed by atoms with Gasteiger partial charge >= 0.3 is 6.03 Å². The van der Waals surface area contributed by atoms with Crippen molar-refractivity contribution >= 4 is 11.9 Å². The first-order valence-corrected chi connectivity index (χ1v) is 6.97. The molecule has 0 radical (unpaired) electrons. The first kappa shape index (κ1) is 15.8. The average Bonchev–Trinajstić information content (AvgIpc) is 2.36. The molecule has 1 rings (SSSR count). The Labute approximate surface area is 115 Å². The second-order valence-electron chi connectivity index (χ2n) is 5.48. The summed E-state index contributed by atoms with van der Waals surface area (Å²) in [5, 5.41) is 5.36. The van der Waals surface area contributed by atoms with Crippen LogP contribution in [0.25, 0.3) is 0 Å². The minimum Gasteiger partial charge on any atom is -0.339 e. The third-order valence-electron chi connectivity index (χ3n) is 3.26.